The number of benzene rings is 1. The smallest absolute Gasteiger partial charge is 0.258 e. The first-order valence-electron chi connectivity index (χ1n) is 6.46. The van der Waals surface area contributed by atoms with Crippen molar-refractivity contribution in [3.05, 3.63) is 33.9 Å². The van der Waals surface area contributed by atoms with Gasteiger partial charge in [0, 0.05) is 22.8 Å². The molecule has 114 valence electrons. The molecule has 22 heavy (non-hydrogen) atoms. The van der Waals surface area contributed by atoms with Crippen LogP contribution < -0.4 is 0 Å². The number of nitriles is 1. The Kier molecular flexibility index (Phi) is 6.18. The number of nitrogens with zero attached hydrogens (tertiary/aromatic N) is 4. The van der Waals surface area contributed by atoms with Crippen LogP contribution in [0, 0.1) is 21.4 Å². The van der Waals surface area contributed by atoms with Gasteiger partial charge < -0.3 is 0 Å². The molecular formula is C13H12N4O2S3. The molecular weight excluding hydrogens is 340 g/mol. The van der Waals surface area contributed by atoms with Crippen LogP contribution in [0.2, 0.25) is 0 Å². The molecule has 0 atom stereocenters. The molecule has 1 aromatic heterocycles. The van der Waals surface area contributed by atoms with Crippen LogP contribution in [-0.2, 0) is 0 Å². The summed E-state index contributed by atoms with van der Waals surface area (Å²) in [4.78, 5) is 10.9. The summed E-state index contributed by atoms with van der Waals surface area (Å²) in [5, 5.41) is 28.1. The Labute approximate surface area is 140 Å². The monoisotopic (exact) mass is 352 g/mol. The minimum absolute atomic E-state index is 0.0889. The van der Waals surface area contributed by atoms with E-state index in [1.807, 2.05) is 6.07 Å². The minimum atomic E-state index is -0.511. The van der Waals surface area contributed by atoms with Crippen LogP contribution in [0.3, 0.4) is 0 Å². The van der Waals surface area contributed by atoms with Gasteiger partial charge in [-0.25, -0.2) is 0 Å². The zero-order valence-corrected chi connectivity index (χ0v) is 14.1. The molecule has 0 radical (unpaired) electrons. The Morgan fingerprint density at radius 2 is 2.18 bits per heavy atom. The first kappa shape index (κ1) is 16.7. The molecule has 9 heteroatoms. The summed E-state index contributed by atoms with van der Waals surface area (Å²) in [6.45, 7) is 2.14. The first-order chi connectivity index (χ1) is 10.6. The van der Waals surface area contributed by atoms with Gasteiger partial charge in [0.1, 0.15) is 6.07 Å². The highest BCUT2D eigenvalue weighted by atomic mass is 32.2. The fourth-order valence-corrected chi connectivity index (χ4v) is 4.70. The number of unbranched alkanes of at least 4 members (excludes halogenated alkanes) is 1. The SMILES string of the molecule is CCCCSc1nnc(Sc2ccc([N+](=O)[O-])cc2C#N)s1. The Morgan fingerprint density at radius 3 is 2.86 bits per heavy atom. The van der Waals surface area contributed by atoms with Gasteiger partial charge in [-0.3, -0.25) is 10.1 Å². The van der Waals surface area contributed by atoms with E-state index in [0.717, 1.165) is 27.3 Å². The van der Waals surface area contributed by atoms with Crippen LogP contribution in [0.15, 0.2) is 31.8 Å². The van der Waals surface area contributed by atoms with Gasteiger partial charge in [-0.15, -0.1) is 10.2 Å². The van der Waals surface area contributed by atoms with Gasteiger partial charge in [0.25, 0.3) is 5.69 Å². The van der Waals surface area contributed by atoms with E-state index in [2.05, 4.69) is 17.1 Å². The highest BCUT2D eigenvalue weighted by Gasteiger charge is 2.14. The average molecular weight is 352 g/mol. The largest absolute Gasteiger partial charge is 0.270 e. The maximum atomic E-state index is 10.7. The van der Waals surface area contributed by atoms with Gasteiger partial charge in [-0.1, -0.05) is 48.2 Å². The number of nitro benzene ring substituents is 1. The summed E-state index contributed by atoms with van der Waals surface area (Å²) < 4.78 is 1.63. The molecule has 0 aliphatic rings. The molecule has 0 N–H and O–H groups in total. The average Bonchev–Trinajstić information content (AvgIpc) is 2.95. The topological polar surface area (TPSA) is 92.7 Å². The van der Waals surface area contributed by atoms with Gasteiger partial charge in [-0.2, -0.15) is 5.26 Å². The lowest BCUT2D eigenvalue weighted by Gasteiger charge is -2.00. The summed E-state index contributed by atoms with van der Waals surface area (Å²) in [6.07, 6.45) is 2.27. The van der Waals surface area contributed by atoms with E-state index in [1.165, 1.54) is 35.2 Å². The van der Waals surface area contributed by atoms with Gasteiger partial charge in [0.15, 0.2) is 8.68 Å². The Hall–Kier alpha value is -1.63. The third kappa shape index (κ3) is 4.43. The molecule has 0 aliphatic heterocycles. The lowest BCUT2D eigenvalue weighted by atomic mass is 10.2. The van der Waals surface area contributed by atoms with Crippen molar-refractivity contribution in [1.29, 1.82) is 5.26 Å². The van der Waals surface area contributed by atoms with Crippen molar-refractivity contribution in [2.45, 2.75) is 33.3 Å². The molecule has 2 rings (SSSR count). The number of non-ortho nitro benzene ring substituents is 1. The van der Waals surface area contributed by atoms with Crippen LogP contribution in [0.4, 0.5) is 5.69 Å². The van der Waals surface area contributed by atoms with Crippen molar-refractivity contribution in [2.24, 2.45) is 0 Å². The quantitative estimate of drug-likeness (QED) is 0.316. The second-order valence-electron chi connectivity index (χ2n) is 4.19. The second kappa shape index (κ2) is 8.12. The van der Waals surface area contributed by atoms with E-state index in [-0.39, 0.29) is 11.3 Å². The fraction of sp³-hybridized carbons (Fsp3) is 0.308. The van der Waals surface area contributed by atoms with Crippen LogP contribution in [0.5, 0.6) is 0 Å². The van der Waals surface area contributed by atoms with Gasteiger partial charge >= 0.3 is 0 Å². The number of aromatic nitrogens is 2. The summed E-state index contributed by atoms with van der Waals surface area (Å²) in [7, 11) is 0. The van der Waals surface area contributed by atoms with Crippen LogP contribution >= 0.6 is 34.9 Å². The summed E-state index contributed by atoms with van der Waals surface area (Å²) in [5.74, 6) is 1.01. The Bertz CT molecular complexity index is 712. The lowest BCUT2D eigenvalue weighted by Crippen LogP contribution is -1.90. The molecule has 0 bridgehead atoms. The summed E-state index contributed by atoms with van der Waals surface area (Å²) in [6, 6.07) is 6.23. The molecule has 0 amide bonds. The van der Waals surface area contributed by atoms with Gasteiger partial charge in [0.05, 0.1) is 10.5 Å². The zero-order valence-electron chi connectivity index (χ0n) is 11.7. The van der Waals surface area contributed by atoms with Crippen molar-refractivity contribution in [1.82, 2.24) is 10.2 Å². The normalized spacial score (nSPS) is 10.4. The maximum absolute atomic E-state index is 10.7. The number of nitro groups is 1. The first-order valence-corrected chi connectivity index (χ1v) is 9.08. The third-order valence-corrected chi connectivity index (χ3v) is 5.87. The molecule has 0 saturated carbocycles. The fourth-order valence-electron chi connectivity index (χ4n) is 1.50. The molecule has 1 heterocycles. The third-order valence-electron chi connectivity index (χ3n) is 2.60. The molecule has 0 spiro atoms. The number of hydrogen-bond donors (Lipinski definition) is 0. The molecule has 1 aromatic carbocycles. The minimum Gasteiger partial charge on any atom is -0.258 e. The predicted octanol–water partition coefficient (Wildman–Crippen LogP) is 4.36. The summed E-state index contributed by atoms with van der Waals surface area (Å²) >= 11 is 4.44. The van der Waals surface area contributed by atoms with Crippen molar-refractivity contribution in [2.75, 3.05) is 5.75 Å². The standard InChI is InChI=1S/C13H12N4O2S3/c1-2-3-6-20-12-15-16-13(22-12)21-11-5-4-10(17(18)19)7-9(11)8-14/h4-5,7H,2-3,6H2,1H3. The predicted molar refractivity (Wildman–Crippen MR) is 87.5 cm³/mol. The summed E-state index contributed by atoms with van der Waals surface area (Å²) in [5.41, 5.74) is 0.184. The van der Waals surface area contributed by atoms with E-state index in [4.69, 9.17) is 5.26 Å². The van der Waals surface area contributed by atoms with Crippen LogP contribution in [0.1, 0.15) is 25.3 Å². The zero-order chi connectivity index (χ0) is 15.9. The maximum Gasteiger partial charge on any atom is 0.270 e. The van der Waals surface area contributed by atoms with Gasteiger partial charge in [-0.05, 0) is 12.5 Å². The van der Waals surface area contributed by atoms with Gasteiger partial charge in [0.2, 0.25) is 0 Å². The van der Waals surface area contributed by atoms with Crippen molar-refractivity contribution in [3.8, 4) is 6.07 Å². The van der Waals surface area contributed by atoms with Crippen LogP contribution in [-0.4, -0.2) is 20.9 Å². The molecule has 0 fully saturated rings. The number of rotatable bonds is 7. The van der Waals surface area contributed by atoms with E-state index in [0.29, 0.717) is 4.90 Å². The van der Waals surface area contributed by atoms with E-state index in [9.17, 15) is 10.1 Å². The molecule has 0 unspecified atom stereocenters. The molecule has 0 saturated heterocycles. The molecule has 6 nitrogen and oxygen atoms in total. The van der Waals surface area contributed by atoms with Crippen molar-refractivity contribution in [3.63, 3.8) is 0 Å². The second-order valence-corrected chi connectivity index (χ2v) is 7.80. The molecule has 2 aromatic rings. The van der Waals surface area contributed by atoms with Crippen molar-refractivity contribution < 1.29 is 4.92 Å². The van der Waals surface area contributed by atoms with E-state index >= 15 is 0 Å². The van der Waals surface area contributed by atoms with Crippen molar-refractivity contribution >= 4 is 40.5 Å². The highest BCUT2D eigenvalue weighted by Crippen LogP contribution is 2.36. The van der Waals surface area contributed by atoms with E-state index < -0.39 is 4.92 Å². The van der Waals surface area contributed by atoms with Crippen LogP contribution in [0.25, 0.3) is 0 Å². The number of thioether (sulfide) groups is 1. The lowest BCUT2D eigenvalue weighted by molar-refractivity contribution is -0.384. The number of hydrogen-bond acceptors (Lipinski definition) is 8. The highest BCUT2D eigenvalue weighted by molar-refractivity contribution is 8.03. The van der Waals surface area contributed by atoms with E-state index in [1.54, 1.807) is 17.8 Å². The Balaban J connectivity index is 2.10. The Morgan fingerprint density at radius 1 is 1.41 bits per heavy atom. The molecule has 0 aliphatic carbocycles.